The molecule has 1 aromatic heterocycles. The second-order valence-corrected chi connectivity index (χ2v) is 5.40. The SMILES string of the molecule is CCOP(=O)(O)c1ccc2c(n1)CCNC2. The molecule has 1 unspecified atom stereocenters. The Morgan fingerprint density at radius 3 is 3.19 bits per heavy atom. The van der Waals surface area contributed by atoms with Gasteiger partial charge in [0, 0.05) is 25.2 Å². The average Bonchev–Trinajstić information content (AvgIpc) is 2.28. The van der Waals surface area contributed by atoms with E-state index in [1.165, 1.54) is 0 Å². The van der Waals surface area contributed by atoms with Gasteiger partial charge in [-0.25, -0.2) is 4.98 Å². The van der Waals surface area contributed by atoms with Crippen LogP contribution in [0.25, 0.3) is 0 Å². The molecule has 5 nitrogen and oxygen atoms in total. The predicted octanol–water partition coefficient (Wildman–Crippen LogP) is 0.575. The normalized spacial score (nSPS) is 18.9. The minimum Gasteiger partial charge on any atom is -0.320 e. The molecule has 1 aromatic rings. The van der Waals surface area contributed by atoms with Crippen LogP contribution in [0.15, 0.2) is 12.1 Å². The molecule has 6 heteroatoms. The highest BCUT2D eigenvalue weighted by atomic mass is 31.2. The van der Waals surface area contributed by atoms with Crippen LogP contribution in [0.2, 0.25) is 0 Å². The third-order valence-corrected chi connectivity index (χ3v) is 3.94. The first-order valence-corrected chi connectivity index (χ1v) is 6.88. The van der Waals surface area contributed by atoms with Crippen LogP contribution in [-0.4, -0.2) is 23.0 Å². The van der Waals surface area contributed by atoms with E-state index in [0.717, 1.165) is 30.8 Å². The first kappa shape index (κ1) is 11.7. The highest BCUT2D eigenvalue weighted by Crippen LogP contribution is 2.39. The van der Waals surface area contributed by atoms with Crippen LogP contribution in [0.3, 0.4) is 0 Å². The van der Waals surface area contributed by atoms with Crippen LogP contribution in [0.4, 0.5) is 0 Å². The molecule has 1 aliphatic rings. The number of rotatable bonds is 3. The van der Waals surface area contributed by atoms with Gasteiger partial charge in [-0.1, -0.05) is 6.07 Å². The van der Waals surface area contributed by atoms with E-state index in [0.29, 0.717) is 0 Å². The Morgan fingerprint density at radius 1 is 1.62 bits per heavy atom. The fourth-order valence-electron chi connectivity index (χ4n) is 1.72. The van der Waals surface area contributed by atoms with E-state index in [2.05, 4.69) is 10.3 Å². The summed E-state index contributed by atoms with van der Waals surface area (Å²) < 4.78 is 16.6. The van der Waals surface area contributed by atoms with Crippen molar-refractivity contribution in [3.8, 4) is 0 Å². The van der Waals surface area contributed by atoms with Crippen molar-refractivity contribution in [2.24, 2.45) is 0 Å². The molecule has 0 radical (unpaired) electrons. The van der Waals surface area contributed by atoms with Crippen LogP contribution < -0.4 is 10.8 Å². The van der Waals surface area contributed by atoms with Gasteiger partial charge in [-0.05, 0) is 18.6 Å². The Bertz CT molecular complexity index is 436. The van der Waals surface area contributed by atoms with Crippen molar-refractivity contribution in [1.29, 1.82) is 0 Å². The molecule has 0 amide bonds. The lowest BCUT2D eigenvalue weighted by Crippen LogP contribution is -2.27. The zero-order valence-corrected chi connectivity index (χ0v) is 10.0. The second-order valence-electron chi connectivity index (χ2n) is 3.64. The molecule has 2 heterocycles. The maximum atomic E-state index is 11.8. The summed E-state index contributed by atoms with van der Waals surface area (Å²) in [5, 5.41) is 3.22. The first-order chi connectivity index (χ1) is 7.63. The lowest BCUT2D eigenvalue weighted by atomic mass is 10.1. The molecule has 1 atom stereocenters. The first-order valence-electron chi connectivity index (χ1n) is 5.31. The largest absolute Gasteiger partial charge is 0.376 e. The van der Waals surface area contributed by atoms with E-state index in [9.17, 15) is 9.46 Å². The summed E-state index contributed by atoms with van der Waals surface area (Å²) >= 11 is 0. The topological polar surface area (TPSA) is 71.5 Å². The third kappa shape index (κ3) is 2.33. The molecule has 0 spiro atoms. The van der Waals surface area contributed by atoms with Crippen molar-refractivity contribution in [2.75, 3.05) is 13.2 Å². The number of aromatic nitrogens is 1. The minimum absolute atomic E-state index is 0.148. The van der Waals surface area contributed by atoms with Gasteiger partial charge in [-0.3, -0.25) is 4.57 Å². The van der Waals surface area contributed by atoms with Gasteiger partial charge in [0.05, 0.1) is 6.61 Å². The number of nitrogens with one attached hydrogen (secondary N) is 1. The fraction of sp³-hybridized carbons (Fsp3) is 0.500. The molecular formula is C10H15N2O3P. The van der Waals surface area contributed by atoms with E-state index in [-0.39, 0.29) is 12.0 Å². The minimum atomic E-state index is -3.72. The van der Waals surface area contributed by atoms with Crippen LogP contribution in [-0.2, 0) is 22.1 Å². The van der Waals surface area contributed by atoms with Crippen molar-refractivity contribution in [3.63, 3.8) is 0 Å². The maximum absolute atomic E-state index is 11.8. The number of hydrogen-bond donors (Lipinski definition) is 2. The van der Waals surface area contributed by atoms with E-state index >= 15 is 0 Å². The quantitative estimate of drug-likeness (QED) is 0.758. The van der Waals surface area contributed by atoms with Crippen LogP contribution in [0.5, 0.6) is 0 Å². The molecule has 0 bridgehead atoms. The van der Waals surface area contributed by atoms with E-state index in [1.807, 2.05) is 6.07 Å². The van der Waals surface area contributed by atoms with Gasteiger partial charge in [-0.2, -0.15) is 0 Å². The van der Waals surface area contributed by atoms with Gasteiger partial charge in [0.15, 0.2) is 5.44 Å². The summed E-state index contributed by atoms with van der Waals surface area (Å²) in [6.07, 6.45) is 0.787. The Kier molecular flexibility index (Phi) is 3.40. The maximum Gasteiger partial charge on any atom is 0.376 e. The standard InChI is InChI=1S/C10H15N2O3P/c1-2-15-16(13,14)10-4-3-8-7-11-6-5-9(8)12-10/h3-4,11H,2,5-7H2,1H3,(H,13,14). The van der Waals surface area contributed by atoms with Gasteiger partial charge in [0.2, 0.25) is 0 Å². The van der Waals surface area contributed by atoms with Crippen molar-refractivity contribution in [2.45, 2.75) is 19.9 Å². The summed E-state index contributed by atoms with van der Waals surface area (Å²) in [6, 6.07) is 3.41. The predicted molar refractivity (Wildman–Crippen MR) is 60.7 cm³/mol. The highest BCUT2D eigenvalue weighted by molar-refractivity contribution is 7.60. The zero-order valence-electron chi connectivity index (χ0n) is 9.14. The van der Waals surface area contributed by atoms with Gasteiger partial charge in [0.25, 0.3) is 0 Å². The third-order valence-electron chi connectivity index (χ3n) is 2.50. The van der Waals surface area contributed by atoms with E-state index < -0.39 is 7.60 Å². The monoisotopic (exact) mass is 242 g/mol. The molecule has 88 valence electrons. The molecule has 0 saturated heterocycles. The Balaban J connectivity index is 2.33. The second kappa shape index (κ2) is 4.63. The number of pyridine rings is 1. The highest BCUT2D eigenvalue weighted by Gasteiger charge is 2.25. The van der Waals surface area contributed by atoms with Crippen molar-refractivity contribution in [1.82, 2.24) is 10.3 Å². The van der Waals surface area contributed by atoms with Crippen LogP contribution in [0, 0.1) is 0 Å². The van der Waals surface area contributed by atoms with Crippen molar-refractivity contribution in [3.05, 3.63) is 23.4 Å². The molecule has 0 aliphatic carbocycles. The Hall–Kier alpha value is -0.740. The summed E-state index contributed by atoms with van der Waals surface area (Å²) in [7, 11) is -3.72. The Morgan fingerprint density at radius 2 is 2.44 bits per heavy atom. The smallest absolute Gasteiger partial charge is 0.320 e. The summed E-state index contributed by atoms with van der Waals surface area (Å²) in [5.41, 5.74) is 2.13. The van der Waals surface area contributed by atoms with Gasteiger partial charge in [0.1, 0.15) is 0 Å². The molecule has 16 heavy (non-hydrogen) atoms. The fourth-order valence-corrected chi connectivity index (χ4v) is 2.72. The van der Waals surface area contributed by atoms with Gasteiger partial charge >= 0.3 is 7.60 Å². The molecule has 0 aromatic carbocycles. The number of hydrogen-bond acceptors (Lipinski definition) is 4. The zero-order chi connectivity index (χ0) is 11.6. The number of nitrogens with zero attached hydrogens (tertiary/aromatic N) is 1. The molecule has 0 fully saturated rings. The lowest BCUT2D eigenvalue weighted by Gasteiger charge is -2.18. The average molecular weight is 242 g/mol. The van der Waals surface area contributed by atoms with E-state index in [1.54, 1.807) is 13.0 Å². The molecular weight excluding hydrogens is 227 g/mol. The van der Waals surface area contributed by atoms with Crippen LogP contribution in [0.1, 0.15) is 18.2 Å². The lowest BCUT2D eigenvalue weighted by molar-refractivity contribution is 0.283. The summed E-state index contributed by atoms with van der Waals surface area (Å²) in [4.78, 5) is 13.9. The number of fused-ring (bicyclic) bond motifs is 1. The summed E-state index contributed by atoms with van der Waals surface area (Å²) in [5.74, 6) is 0. The summed E-state index contributed by atoms with van der Waals surface area (Å²) in [6.45, 7) is 3.51. The van der Waals surface area contributed by atoms with E-state index in [4.69, 9.17) is 4.52 Å². The molecule has 2 rings (SSSR count). The van der Waals surface area contributed by atoms with Gasteiger partial charge < -0.3 is 14.7 Å². The Labute approximate surface area is 94.4 Å². The molecule has 1 aliphatic heterocycles. The molecule has 0 saturated carbocycles. The van der Waals surface area contributed by atoms with Crippen LogP contribution >= 0.6 is 7.60 Å². The van der Waals surface area contributed by atoms with Crippen molar-refractivity contribution < 1.29 is 14.0 Å². The van der Waals surface area contributed by atoms with Crippen molar-refractivity contribution >= 4 is 13.0 Å². The molecule has 2 N–H and O–H groups in total. The van der Waals surface area contributed by atoms with Gasteiger partial charge in [-0.15, -0.1) is 0 Å².